The van der Waals surface area contributed by atoms with Crippen LogP contribution in [-0.4, -0.2) is 41.2 Å². The molecule has 5 nitrogen and oxygen atoms in total. The minimum absolute atomic E-state index is 0.0487. The van der Waals surface area contributed by atoms with E-state index in [9.17, 15) is 4.79 Å². The number of nitrogens with one attached hydrogen (secondary N) is 1. The van der Waals surface area contributed by atoms with Crippen LogP contribution in [-0.2, 0) is 6.42 Å². The van der Waals surface area contributed by atoms with Crippen molar-refractivity contribution < 1.29 is 9.53 Å². The van der Waals surface area contributed by atoms with E-state index >= 15 is 0 Å². The number of hydrogen-bond acceptors (Lipinski definition) is 3. The molecule has 1 saturated heterocycles. The van der Waals surface area contributed by atoms with Gasteiger partial charge >= 0.3 is 0 Å². The molecule has 3 rings (SSSR count). The molecule has 0 aliphatic carbocycles. The maximum Gasteiger partial charge on any atom is 0.274 e. The fourth-order valence-corrected chi connectivity index (χ4v) is 3.37. The molecule has 0 saturated carbocycles. The van der Waals surface area contributed by atoms with Crippen molar-refractivity contribution in [3.63, 3.8) is 0 Å². The molecular weight excluding hydrogens is 302 g/mol. The van der Waals surface area contributed by atoms with Crippen LogP contribution in [0.15, 0.2) is 24.3 Å². The van der Waals surface area contributed by atoms with Crippen molar-refractivity contribution >= 4 is 5.91 Å². The summed E-state index contributed by atoms with van der Waals surface area (Å²) in [7, 11) is 1.72. The molecule has 0 bridgehead atoms. The summed E-state index contributed by atoms with van der Waals surface area (Å²) in [4.78, 5) is 14.6. The first-order valence-electron chi connectivity index (χ1n) is 8.53. The van der Waals surface area contributed by atoms with Gasteiger partial charge < -0.3 is 9.64 Å². The number of likely N-dealkylation sites (tertiary alicyclic amines) is 1. The number of aromatic amines is 1. The Hall–Kier alpha value is -2.30. The first-order valence-corrected chi connectivity index (χ1v) is 8.53. The van der Waals surface area contributed by atoms with Crippen LogP contribution in [0.5, 0.6) is 5.75 Å². The van der Waals surface area contributed by atoms with Gasteiger partial charge in [0.25, 0.3) is 5.91 Å². The van der Waals surface area contributed by atoms with Crippen LogP contribution in [0.25, 0.3) is 0 Å². The predicted octanol–water partition coefficient (Wildman–Crippen LogP) is 3.13. The van der Waals surface area contributed by atoms with E-state index in [1.807, 2.05) is 30.9 Å². The Bertz CT molecular complexity index is 715. The van der Waals surface area contributed by atoms with E-state index in [0.29, 0.717) is 11.6 Å². The number of aryl methyl sites for hydroxylation is 1. The molecule has 1 aliphatic heterocycles. The molecule has 1 aromatic carbocycles. The lowest BCUT2D eigenvalue weighted by atomic mass is 9.89. The van der Waals surface area contributed by atoms with E-state index in [-0.39, 0.29) is 5.91 Å². The van der Waals surface area contributed by atoms with Gasteiger partial charge in [0.05, 0.1) is 7.11 Å². The van der Waals surface area contributed by atoms with E-state index in [4.69, 9.17) is 4.74 Å². The monoisotopic (exact) mass is 327 g/mol. The fourth-order valence-electron chi connectivity index (χ4n) is 3.37. The smallest absolute Gasteiger partial charge is 0.274 e. The van der Waals surface area contributed by atoms with E-state index in [0.717, 1.165) is 49.4 Å². The lowest BCUT2D eigenvalue weighted by Crippen LogP contribution is -2.39. The molecule has 5 heteroatoms. The highest BCUT2D eigenvalue weighted by Gasteiger charge is 2.26. The number of methoxy groups -OCH3 is 1. The number of carbonyl (C=O) groups is 1. The molecule has 24 heavy (non-hydrogen) atoms. The molecule has 0 unspecified atom stereocenters. The Balaban J connectivity index is 1.60. The van der Waals surface area contributed by atoms with Crippen LogP contribution in [0.4, 0.5) is 0 Å². The number of carbonyl (C=O) groups excluding carboxylic acids is 1. The second-order valence-electron chi connectivity index (χ2n) is 6.57. The van der Waals surface area contributed by atoms with Gasteiger partial charge in [-0.1, -0.05) is 18.2 Å². The van der Waals surface area contributed by atoms with Crippen molar-refractivity contribution in [2.24, 2.45) is 5.92 Å². The van der Waals surface area contributed by atoms with Gasteiger partial charge in [-0.2, -0.15) is 5.10 Å². The topological polar surface area (TPSA) is 58.2 Å². The number of nitrogens with zero attached hydrogens (tertiary/aromatic N) is 2. The molecule has 0 atom stereocenters. The molecule has 1 aliphatic rings. The fraction of sp³-hybridized carbons (Fsp3) is 0.474. The minimum Gasteiger partial charge on any atom is -0.496 e. The predicted molar refractivity (Wildman–Crippen MR) is 93.4 cm³/mol. The largest absolute Gasteiger partial charge is 0.496 e. The highest BCUT2D eigenvalue weighted by atomic mass is 16.5. The van der Waals surface area contributed by atoms with E-state index < -0.39 is 0 Å². The Morgan fingerprint density at radius 3 is 2.62 bits per heavy atom. The van der Waals surface area contributed by atoms with Crippen molar-refractivity contribution in [1.29, 1.82) is 0 Å². The highest BCUT2D eigenvalue weighted by Crippen LogP contribution is 2.27. The summed E-state index contributed by atoms with van der Waals surface area (Å²) in [6, 6.07) is 8.19. The summed E-state index contributed by atoms with van der Waals surface area (Å²) in [5, 5.41) is 7.07. The van der Waals surface area contributed by atoms with Gasteiger partial charge in [0.1, 0.15) is 5.75 Å². The van der Waals surface area contributed by atoms with Crippen molar-refractivity contribution in [3.8, 4) is 5.75 Å². The SMILES string of the molecule is COc1ccccc1CC1CCN(C(=O)c2n[nH]c(C)c2C)CC1. The van der Waals surface area contributed by atoms with Crippen LogP contribution >= 0.6 is 0 Å². The van der Waals surface area contributed by atoms with E-state index in [1.54, 1.807) is 7.11 Å². The third kappa shape index (κ3) is 3.30. The van der Waals surface area contributed by atoms with Crippen molar-refractivity contribution in [1.82, 2.24) is 15.1 Å². The molecule has 128 valence electrons. The summed E-state index contributed by atoms with van der Waals surface area (Å²) < 4.78 is 5.44. The van der Waals surface area contributed by atoms with Crippen LogP contribution < -0.4 is 4.74 Å². The molecule has 2 aromatic rings. The van der Waals surface area contributed by atoms with Crippen molar-refractivity contribution in [3.05, 3.63) is 46.8 Å². The maximum absolute atomic E-state index is 12.6. The van der Waals surface area contributed by atoms with Gasteiger partial charge in [-0.25, -0.2) is 0 Å². The molecule has 1 fully saturated rings. The zero-order valence-corrected chi connectivity index (χ0v) is 14.6. The van der Waals surface area contributed by atoms with Gasteiger partial charge in [-0.05, 0) is 50.7 Å². The number of benzene rings is 1. The molecular formula is C19H25N3O2. The molecule has 1 aromatic heterocycles. The standard InChI is InChI=1S/C19H25N3O2/c1-13-14(2)20-21-18(13)19(23)22-10-8-15(9-11-22)12-16-6-4-5-7-17(16)24-3/h4-7,15H,8-12H2,1-3H3,(H,20,21). The average molecular weight is 327 g/mol. The second kappa shape index (κ2) is 7.07. The van der Waals surface area contributed by atoms with Crippen molar-refractivity contribution in [2.75, 3.05) is 20.2 Å². The normalized spacial score (nSPS) is 15.5. The lowest BCUT2D eigenvalue weighted by molar-refractivity contribution is 0.0683. The number of rotatable bonds is 4. The van der Waals surface area contributed by atoms with Gasteiger partial charge in [-0.15, -0.1) is 0 Å². The van der Waals surface area contributed by atoms with Crippen molar-refractivity contribution in [2.45, 2.75) is 33.1 Å². The molecule has 0 spiro atoms. The third-order valence-electron chi connectivity index (χ3n) is 5.06. The van der Waals surface area contributed by atoms with Crippen LogP contribution in [0.1, 0.15) is 40.2 Å². The first-order chi connectivity index (χ1) is 11.6. The number of para-hydroxylation sites is 1. The molecule has 0 radical (unpaired) electrons. The van der Waals surface area contributed by atoms with Crippen LogP contribution in [0.2, 0.25) is 0 Å². The molecule has 1 N–H and O–H groups in total. The van der Waals surface area contributed by atoms with Gasteiger partial charge in [0.15, 0.2) is 5.69 Å². The molecule has 2 heterocycles. The number of amides is 1. The maximum atomic E-state index is 12.6. The van der Waals surface area contributed by atoms with Gasteiger partial charge in [0, 0.05) is 24.3 Å². The number of piperidine rings is 1. The Labute approximate surface area is 143 Å². The lowest BCUT2D eigenvalue weighted by Gasteiger charge is -2.32. The summed E-state index contributed by atoms with van der Waals surface area (Å²) in [5.41, 5.74) is 3.74. The Morgan fingerprint density at radius 1 is 1.29 bits per heavy atom. The number of ether oxygens (including phenoxy) is 1. The summed E-state index contributed by atoms with van der Waals surface area (Å²) in [6.45, 7) is 5.48. The van der Waals surface area contributed by atoms with E-state index in [2.05, 4.69) is 22.3 Å². The Kier molecular flexibility index (Phi) is 4.88. The summed E-state index contributed by atoms with van der Waals surface area (Å²) in [6.07, 6.45) is 3.05. The number of aromatic nitrogens is 2. The Morgan fingerprint density at radius 2 is 2.00 bits per heavy atom. The molecule has 1 amide bonds. The first kappa shape index (κ1) is 16.6. The second-order valence-corrected chi connectivity index (χ2v) is 6.57. The summed E-state index contributed by atoms with van der Waals surface area (Å²) in [5.74, 6) is 1.60. The third-order valence-corrected chi connectivity index (χ3v) is 5.06. The van der Waals surface area contributed by atoms with Gasteiger partial charge in [-0.3, -0.25) is 9.89 Å². The summed E-state index contributed by atoms with van der Waals surface area (Å²) >= 11 is 0. The minimum atomic E-state index is 0.0487. The average Bonchev–Trinajstić information content (AvgIpc) is 2.94. The quantitative estimate of drug-likeness (QED) is 0.938. The highest BCUT2D eigenvalue weighted by molar-refractivity contribution is 5.93. The van der Waals surface area contributed by atoms with E-state index in [1.165, 1.54) is 5.56 Å². The van der Waals surface area contributed by atoms with Crippen LogP contribution in [0, 0.1) is 19.8 Å². The van der Waals surface area contributed by atoms with Crippen LogP contribution in [0.3, 0.4) is 0 Å². The number of hydrogen-bond donors (Lipinski definition) is 1. The zero-order chi connectivity index (χ0) is 17.1. The zero-order valence-electron chi connectivity index (χ0n) is 14.6. The number of H-pyrrole nitrogens is 1. The van der Waals surface area contributed by atoms with Gasteiger partial charge in [0.2, 0.25) is 0 Å².